The van der Waals surface area contributed by atoms with Crippen LogP contribution in [0.3, 0.4) is 0 Å². The number of pyridine rings is 1. The second-order valence-corrected chi connectivity index (χ2v) is 10.6. The van der Waals surface area contributed by atoms with Crippen LogP contribution in [0, 0.1) is 0 Å². The first kappa shape index (κ1) is 27.3. The number of anilines is 1. The Balaban J connectivity index is 0.000000371. The summed E-state index contributed by atoms with van der Waals surface area (Å²) in [5.41, 5.74) is 5.07. The van der Waals surface area contributed by atoms with E-state index in [-0.39, 0.29) is 12.8 Å². The summed E-state index contributed by atoms with van der Waals surface area (Å²) in [6, 6.07) is 8.57. The van der Waals surface area contributed by atoms with Crippen molar-refractivity contribution in [3.8, 4) is 0 Å². The van der Waals surface area contributed by atoms with E-state index in [4.69, 9.17) is 21.8 Å². The number of carboxylic acid groups (broad SMARTS) is 2. The quantitative estimate of drug-likeness (QED) is 0.367. The first-order valence-electron chi connectivity index (χ1n) is 12.2. The smallest absolute Gasteiger partial charge is 0.303 e. The van der Waals surface area contributed by atoms with Crippen LogP contribution in [0.15, 0.2) is 35.5 Å². The highest BCUT2D eigenvalue weighted by atomic mass is 35.5. The van der Waals surface area contributed by atoms with Gasteiger partial charge in [-0.3, -0.25) is 9.59 Å². The summed E-state index contributed by atoms with van der Waals surface area (Å²) in [4.78, 5) is 24.0. The molecule has 35 heavy (non-hydrogen) atoms. The van der Waals surface area contributed by atoms with Gasteiger partial charge in [0, 0.05) is 18.0 Å². The van der Waals surface area contributed by atoms with Gasteiger partial charge >= 0.3 is 11.9 Å². The number of carbonyl (C=O) groups is 2. The monoisotopic (exact) mass is 519 g/mol. The van der Waals surface area contributed by atoms with E-state index in [0.29, 0.717) is 0 Å². The highest BCUT2D eigenvalue weighted by Gasteiger charge is 2.16. The number of nitrogens with one attached hydrogen (secondary N) is 2. The number of rotatable bonds is 8. The Labute approximate surface area is 216 Å². The zero-order valence-corrected chi connectivity index (χ0v) is 21.5. The maximum Gasteiger partial charge on any atom is 0.303 e. The Hall–Kier alpha value is -2.29. The van der Waals surface area contributed by atoms with Gasteiger partial charge in [-0.15, -0.1) is 11.8 Å². The van der Waals surface area contributed by atoms with E-state index in [2.05, 4.69) is 33.8 Å². The average Bonchev–Trinajstić information content (AvgIpc) is 3.10. The van der Waals surface area contributed by atoms with E-state index in [1.165, 1.54) is 48.8 Å². The molecule has 0 amide bonds. The minimum Gasteiger partial charge on any atom is -0.481 e. The molecule has 1 aliphatic heterocycles. The number of fused-ring (bicyclic) bond motifs is 1. The largest absolute Gasteiger partial charge is 0.481 e. The Morgan fingerprint density at radius 3 is 2.40 bits per heavy atom. The molecule has 1 aromatic carbocycles. The lowest BCUT2D eigenvalue weighted by atomic mass is 10.0. The van der Waals surface area contributed by atoms with Crippen LogP contribution in [-0.4, -0.2) is 45.5 Å². The third-order valence-electron chi connectivity index (χ3n) is 6.14. The van der Waals surface area contributed by atoms with E-state index >= 15 is 0 Å². The Morgan fingerprint density at radius 2 is 1.74 bits per heavy atom. The first-order valence-corrected chi connectivity index (χ1v) is 13.5. The molecule has 0 atom stereocenters. The molecular formula is C26H34ClN3O4S. The maximum atomic E-state index is 9.64. The van der Waals surface area contributed by atoms with Crippen LogP contribution in [0.4, 0.5) is 5.69 Å². The minimum atomic E-state index is -1.08. The lowest BCUT2D eigenvalue weighted by Crippen LogP contribution is -2.16. The van der Waals surface area contributed by atoms with Crippen molar-refractivity contribution in [2.24, 2.45) is 0 Å². The molecule has 2 heterocycles. The third kappa shape index (κ3) is 9.35. The summed E-state index contributed by atoms with van der Waals surface area (Å²) in [5, 5.41) is 25.6. The van der Waals surface area contributed by atoms with Gasteiger partial charge in [-0.25, -0.2) is 4.98 Å². The molecule has 0 bridgehead atoms. The van der Waals surface area contributed by atoms with Gasteiger partial charge in [-0.2, -0.15) is 0 Å². The fourth-order valence-corrected chi connectivity index (χ4v) is 5.69. The number of carboxylic acids is 2. The van der Waals surface area contributed by atoms with E-state index in [1.54, 1.807) is 0 Å². The minimum absolute atomic E-state index is 0.296. The van der Waals surface area contributed by atoms with Crippen molar-refractivity contribution >= 4 is 41.0 Å². The molecule has 2 aliphatic rings. The molecular weight excluding hydrogens is 486 g/mol. The average molecular weight is 520 g/mol. The fourth-order valence-electron chi connectivity index (χ4n) is 4.28. The van der Waals surface area contributed by atoms with Crippen molar-refractivity contribution in [2.75, 3.05) is 18.4 Å². The van der Waals surface area contributed by atoms with Gasteiger partial charge in [0.15, 0.2) is 0 Å². The Morgan fingerprint density at radius 1 is 1.03 bits per heavy atom. The summed E-state index contributed by atoms with van der Waals surface area (Å²) in [7, 11) is 0. The predicted octanol–water partition coefficient (Wildman–Crippen LogP) is 5.40. The molecule has 0 spiro atoms. The fraction of sp³-hybridized carbons (Fsp3) is 0.500. The number of aliphatic carboxylic acids is 2. The number of halogens is 1. The molecule has 4 N–H and O–H groups in total. The summed E-state index contributed by atoms with van der Waals surface area (Å²) in [6.45, 7) is 2.81. The number of hydrogen-bond donors (Lipinski definition) is 4. The van der Waals surface area contributed by atoms with Crippen LogP contribution in [-0.2, 0) is 29.0 Å². The molecule has 1 fully saturated rings. The zero-order chi connectivity index (χ0) is 25.0. The highest BCUT2D eigenvalue weighted by molar-refractivity contribution is 7.99. The number of benzene rings is 1. The number of hydrogen-bond acceptors (Lipinski definition) is 6. The summed E-state index contributed by atoms with van der Waals surface area (Å²) >= 11 is 8.46. The molecule has 4 rings (SSSR count). The third-order valence-corrected chi connectivity index (χ3v) is 7.74. The molecule has 1 aliphatic carbocycles. The summed E-state index contributed by atoms with van der Waals surface area (Å²) < 4.78 is 0. The van der Waals surface area contributed by atoms with Crippen molar-refractivity contribution in [1.82, 2.24) is 10.3 Å². The van der Waals surface area contributed by atoms with Gasteiger partial charge in [0.1, 0.15) is 0 Å². The lowest BCUT2D eigenvalue weighted by Gasteiger charge is -2.20. The number of nitrogens with zero attached hydrogens (tertiary/aromatic N) is 1. The van der Waals surface area contributed by atoms with Crippen molar-refractivity contribution < 1.29 is 19.8 Å². The second kappa shape index (κ2) is 14.3. The Bertz CT molecular complexity index is 967. The molecule has 2 aromatic rings. The number of aromatic nitrogens is 1. The molecule has 7 nitrogen and oxygen atoms in total. The van der Waals surface area contributed by atoms with Gasteiger partial charge in [0.2, 0.25) is 0 Å². The molecule has 1 saturated carbocycles. The van der Waals surface area contributed by atoms with Crippen LogP contribution in [0.2, 0.25) is 5.02 Å². The first-order chi connectivity index (χ1) is 16.9. The standard InChI is InChI=1S/C22H28ClN3S.C4H6O4/c23-20-8-7-17-10-12-24-13-11-19(17)22(20)26-15-16-6-9-21(25-14-16)27-18-4-2-1-3-5-18;5-3(6)1-2-4(7)8/h6-9,14,18,24,26H,1-5,10-13,15H2;1-2H2,(H,5,6)(H,7,8). The van der Waals surface area contributed by atoms with E-state index in [9.17, 15) is 9.59 Å². The van der Waals surface area contributed by atoms with E-state index in [0.717, 1.165) is 53.5 Å². The molecule has 190 valence electrons. The maximum absolute atomic E-state index is 9.64. The zero-order valence-electron chi connectivity index (χ0n) is 19.9. The molecule has 1 aromatic heterocycles. The van der Waals surface area contributed by atoms with Gasteiger partial charge in [-0.05, 0) is 67.6 Å². The molecule has 0 saturated heterocycles. The van der Waals surface area contributed by atoms with Gasteiger partial charge in [-0.1, -0.05) is 43.0 Å². The van der Waals surface area contributed by atoms with Gasteiger partial charge < -0.3 is 20.8 Å². The van der Waals surface area contributed by atoms with E-state index < -0.39 is 11.9 Å². The highest BCUT2D eigenvalue weighted by Crippen LogP contribution is 2.33. The van der Waals surface area contributed by atoms with Crippen molar-refractivity contribution in [3.05, 3.63) is 52.2 Å². The van der Waals surface area contributed by atoms with Crippen LogP contribution in [0.1, 0.15) is 61.6 Å². The van der Waals surface area contributed by atoms with Crippen LogP contribution in [0.25, 0.3) is 0 Å². The van der Waals surface area contributed by atoms with Crippen LogP contribution in [0.5, 0.6) is 0 Å². The topological polar surface area (TPSA) is 112 Å². The number of thioether (sulfide) groups is 1. The Kier molecular flexibility index (Phi) is 11.2. The summed E-state index contributed by atoms with van der Waals surface area (Å²) in [5.74, 6) is -2.15. The van der Waals surface area contributed by atoms with E-state index in [1.807, 2.05) is 24.0 Å². The van der Waals surface area contributed by atoms with Crippen molar-refractivity contribution in [3.63, 3.8) is 0 Å². The second-order valence-electron chi connectivity index (χ2n) is 8.83. The van der Waals surface area contributed by atoms with Gasteiger partial charge in [0.25, 0.3) is 0 Å². The predicted molar refractivity (Wildman–Crippen MR) is 141 cm³/mol. The van der Waals surface area contributed by atoms with Crippen molar-refractivity contribution in [1.29, 1.82) is 0 Å². The normalized spacial score (nSPS) is 15.8. The molecule has 0 radical (unpaired) electrons. The van der Waals surface area contributed by atoms with Crippen LogP contribution >= 0.6 is 23.4 Å². The van der Waals surface area contributed by atoms with Crippen molar-refractivity contribution in [2.45, 2.75) is 74.6 Å². The lowest BCUT2D eigenvalue weighted by molar-refractivity contribution is -0.143. The van der Waals surface area contributed by atoms with Gasteiger partial charge in [0.05, 0.1) is 28.6 Å². The molecule has 0 unspecified atom stereocenters. The molecule has 9 heteroatoms. The van der Waals surface area contributed by atoms with Crippen LogP contribution < -0.4 is 10.6 Å². The summed E-state index contributed by atoms with van der Waals surface area (Å²) in [6.07, 6.45) is 10.3. The SMILES string of the molecule is Clc1ccc2c(c1NCc1ccc(SC3CCCCC3)nc1)CCNCC2.O=C(O)CCC(=O)O.